The van der Waals surface area contributed by atoms with Gasteiger partial charge in [-0.15, -0.1) is 0 Å². The lowest BCUT2D eigenvalue weighted by molar-refractivity contribution is -0.136. The minimum Gasteiger partial charge on any atom is -0.481 e. The van der Waals surface area contributed by atoms with Crippen molar-refractivity contribution in [1.29, 1.82) is 0 Å². The molecule has 1 aromatic carbocycles. The highest BCUT2D eigenvalue weighted by Gasteiger charge is 2.08. The molecule has 0 aliphatic carbocycles. The van der Waals surface area contributed by atoms with E-state index >= 15 is 0 Å². The molecule has 5 nitrogen and oxygen atoms in total. The van der Waals surface area contributed by atoms with Gasteiger partial charge >= 0.3 is 5.97 Å². The van der Waals surface area contributed by atoms with Gasteiger partial charge in [-0.2, -0.15) is 0 Å². The van der Waals surface area contributed by atoms with Gasteiger partial charge in [0.15, 0.2) is 0 Å². The first-order valence-corrected chi connectivity index (χ1v) is 6.25. The summed E-state index contributed by atoms with van der Waals surface area (Å²) >= 11 is 0. The average molecular weight is 267 g/mol. The molecule has 0 atom stereocenters. The average Bonchev–Trinajstić information content (AvgIpc) is 2.79. The van der Waals surface area contributed by atoms with Gasteiger partial charge in [-0.1, -0.05) is 24.3 Å². The van der Waals surface area contributed by atoms with E-state index < -0.39 is 5.97 Å². The van der Waals surface area contributed by atoms with Crippen molar-refractivity contribution in [1.82, 2.24) is 14.4 Å². The first kappa shape index (κ1) is 12.3. The zero-order valence-electron chi connectivity index (χ0n) is 10.9. The van der Waals surface area contributed by atoms with Crippen LogP contribution >= 0.6 is 0 Å². The number of hydrogen-bond donors (Lipinski definition) is 1. The summed E-state index contributed by atoms with van der Waals surface area (Å²) in [6.45, 7) is 2.04. The lowest BCUT2D eigenvalue weighted by Gasteiger charge is -2.05. The molecule has 0 spiro atoms. The maximum absolute atomic E-state index is 10.7. The van der Waals surface area contributed by atoms with Gasteiger partial charge in [-0.05, 0) is 18.1 Å². The number of imidazole rings is 1. The molecule has 0 aliphatic rings. The number of benzene rings is 1. The molecule has 0 saturated heterocycles. The Kier molecular flexibility index (Phi) is 2.95. The van der Waals surface area contributed by atoms with E-state index in [1.54, 1.807) is 16.8 Å². The monoisotopic (exact) mass is 267 g/mol. The summed E-state index contributed by atoms with van der Waals surface area (Å²) in [4.78, 5) is 19.2. The van der Waals surface area contributed by atoms with Crippen molar-refractivity contribution in [3.63, 3.8) is 0 Å². The fourth-order valence-corrected chi connectivity index (χ4v) is 2.21. The molecule has 3 rings (SSSR count). The molecule has 0 bridgehead atoms. The Morgan fingerprint density at radius 2 is 2.10 bits per heavy atom. The molecule has 0 amide bonds. The normalized spacial score (nSPS) is 10.8. The van der Waals surface area contributed by atoms with Crippen LogP contribution in [0.2, 0.25) is 0 Å². The Labute approximate surface area is 115 Å². The summed E-state index contributed by atoms with van der Waals surface area (Å²) in [5.41, 5.74) is 3.76. The topological polar surface area (TPSA) is 67.5 Å². The number of carboxylic acid groups (broad SMARTS) is 1. The summed E-state index contributed by atoms with van der Waals surface area (Å²) in [7, 11) is 0. The zero-order valence-corrected chi connectivity index (χ0v) is 10.9. The first-order valence-electron chi connectivity index (χ1n) is 6.25. The molecule has 0 aliphatic heterocycles. The molecule has 2 aromatic heterocycles. The van der Waals surface area contributed by atoms with Crippen LogP contribution in [0.1, 0.15) is 11.3 Å². The Morgan fingerprint density at radius 1 is 1.30 bits per heavy atom. The highest BCUT2D eigenvalue weighted by atomic mass is 16.4. The third kappa shape index (κ3) is 2.25. The van der Waals surface area contributed by atoms with Crippen molar-refractivity contribution in [2.24, 2.45) is 0 Å². The molecular weight excluding hydrogens is 254 g/mol. The quantitative estimate of drug-likeness (QED) is 0.790. The molecule has 100 valence electrons. The van der Waals surface area contributed by atoms with Crippen LogP contribution in [0.25, 0.3) is 16.9 Å². The fourth-order valence-electron chi connectivity index (χ4n) is 2.21. The van der Waals surface area contributed by atoms with Crippen molar-refractivity contribution in [3.05, 3.63) is 54.1 Å². The van der Waals surface area contributed by atoms with Crippen LogP contribution in [0.3, 0.4) is 0 Å². The van der Waals surface area contributed by atoms with Crippen LogP contribution in [0.5, 0.6) is 0 Å². The number of carboxylic acids is 1. The SMILES string of the molecule is Cc1ccccc1-c1cnc2nc(CC(=O)O)cn2c1. The van der Waals surface area contributed by atoms with Crippen molar-refractivity contribution in [3.8, 4) is 11.1 Å². The van der Waals surface area contributed by atoms with E-state index in [0.717, 1.165) is 11.1 Å². The van der Waals surface area contributed by atoms with E-state index in [2.05, 4.69) is 9.97 Å². The smallest absolute Gasteiger partial charge is 0.309 e. The standard InChI is InChI=1S/C15H13N3O2/c1-10-4-2-3-5-13(10)11-7-16-15-17-12(6-14(19)20)9-18(15)8-11/h2-5,7-9H,6H2,1H3,(H,19,20). The van der Waals surface area contributed by atoms with Gasteiger partial charge in [0, 0.05) is 24.2 Å². The second kappa shape index (κ2) is 4.77. The van der Waals surface area contributed by atoms with Crippen molar-refractivity contribution in [2.45, 2.75) is 13.3 Å². The fraction of sp³-hybridized carbons (Fsp3) is 0.133. The summed E-state index contributed by atoms with van der Waals surface area (Å²) < 4.78 is 1.76. The number of aliphatic carboxylic acids is 1. The minimum atomic E-state index is -0.896. The molecule has 1 N–H and O–H groups in total. The summed E-state index contributed by atoms with van der Waals surface area (Å²) in [6, 6.07) is 8.06. The second-order valence-electron chi connectivity index (χ2n) is 4.67. The van der Waals surface area contributed by atoms with Gasteiger partial charge in [0.1, 0.15) is 0 Å². The molecule has 5 heteroatoms. The number of nitrogens with zero attached hydrogens (tertiary/aromatic N) is 3. The number of fused-ring (bicyclic) bond motifs is 1. The van der Waals surface area contributed by atoms with Crippen molar-refractivity contribution in [2.75, 3.05) is 0 Å². The van der Waals surface area contributed by atoms with Gasteiger partial charge < -0.3 is 5.11 Å². The third-order valence-corrected chi connectivity index (χ3v) is 3.15. The van der Waals surface area contributed by atoms with E-state index in [9.17, 15) is 4.79 Å². The van der Waals surface area contributed by atoms with Crippen molar-refractivity contribution < 1.29 is 9.90 Å². The van der Waals surface area contributed by atoms with E-state index in [1.165, 1.54) is 5.56 Å². The summed E-state index contributed by atoms with van der Waals surface area (Å²) in [6.07, 6.45) is 5.29. The Balaban J connectivity index is 2.07. The Morgan fingerprint density at radius 3 is 2.85 bits per heavy atom. The highest BCUT2D eigenvalue weighted by molar-refractivity contribution is 5.70. The van der Waals surface area contributed by atoms with E-state index in [4.69, 9.17) is 5.11 Å². The predicted octanol–water partition coefficient (Wildman–Crippen LogP) is 2.33. The maximum Gasteiger partial charge on any atom is 0.309 e. The largest absolute Gasteiger partial charge is 0.481 e. The lowest BCUT2D eigenvalue weighted by Crippen LogP contribution is -1.99. The van der Waals surface area contributed by atoms with E-state index in [-0.39, 0.29) is 6.42 Å². The molecule has 0 radical (unpaired) electrons. The van der Waals surface area contributed by atoms with Crippen LogP contribution in [-0.2, 0) is 11.2 Å². The molecule has 2 heterocycles. The van der Waals surface area contributed by atoms with Gasteiger partial charge in [-0.3, -0.25) is 9.20 Å². The van der Waals surface area contributed by atoms with Gasteiger partial charge in [0.25, 0.3) is 0 Å². The number of carbonyl (C=O) groups is 1. The molecule has 20 heavy (non-hydrogen) atoms. The summed E-state index contributed by atoms with van der Waals surface area (Å²) in [5, 5.41) is 8.79. The van der Waals surface area contributed by atoms with Crippen LogP contribution in [0.4, 0.5) is 0 Å². The number of aromatic nitrogens is 3. The first-order chi connectivity index (χ1) is 9.63. The van der Waals surface area contributed by atoms with Gasteiger partial charge in [0.05, 0.1) is 12.1 Å². The Hall–Kier alpha value is -2.69. The predicted molar refractivity (Wildman–Crippen MR) is 74.5 cm³/mol. The molecule has 0 unspecified atom stereocenters. The minimum absolute atomic E-state index is 0.0942. The number of rotatable bonds is 3. The third-order valence-electron chi connectivity index (χ3n) is 3.15. The van der Waals surface area contributed by atoms with E-state index in [1.807, 2.05) is 37.4 Å². The van der Waals surface area contributed by atoms with Crippen LogP contribution in [0, 0.1) is 6.92 Å². The second-order valence-corrected chi connectivity index (χ2v) is 4.67. The molecule has 0 saturated carbocycles. The summed E-state index contributed by atoms with van der Waals surface area (Å²) in [5.74, 6) is -0.383. The van der Waals surface area contributed by atoms with Gasteiger partial charge in [-0.25, -0.2) is 9.97 Å². The molecular formula is C15H13N3O2. The zero-order chi connectivity index (χ0) is 14.1. The Bertz CT molecular complexity index is 793. The van der Waals surface area contributed by atoms with Crippen LogP contribution < -0.4 is 0 Å². The highest BCUT2D eigenvalue weighted by Crippen LogP contribution is 2.22. The number of aryl methyl sites for hydroxylation is 1. The van der Waals surface area contributed by atoms with Crippen molar-refractivity contribution >= 4 is 11.7 Å². The van der Waals surface area contributed by atoms with Crippen LogP contribution in [-0.4, -0.2) is 25.4 Å². The molecule has 0 fully saturated rings. The van der Waals surface area contributed by atoms with E-state index in [0.29, 0.717) is 11.5 Å². The number of hydrogen-bond acceptors (Lipinski definition) is 3. The maximum atomic E-state index is 10.7. The van der Waals surface area contributed by atoms with Crippen LogP contribution in [0.15, 0.2) is 42.9 Å². The van der Waals surface area contributed by atoms with Gasteiger partial charge in [0.2, 0.25) is 5.78 Å². The lowest BCUT2D eigenvalue weighted by atomic mass is 10.0. The molecule has 3 aromatic rings.